The molecule has 1 heterocycles. The lowest BCUT2D eigenvalue weighted by molar-refractivity contribution is -0.302. The van der Waals surface area contributed by atoms with Crippen LogP contribution in [0.25, 0.3) is 0 Å². The SMILES string of the molecule is CCCCCCCCCCCCCC/C=C/CC/C=C/C(O)C(COC1OC(CO)C(O)C(O)C1O)NC(=O)CCCCCCCCCCCC. The summed E-state index contributed by atoms with van der Waals surface area (Å²) in [6.07, 6.45) is 30.8. The number of aliphatic hydroxyl groups excluding tert-OH is 5. The molecule has 1 aliphatic heterocycles. The van der Waals surface area contributed by atoms with E-state index in [4.69, 9.17) is 9.47 Å². The molecule has 0 saturated carbocycles. The van der Waals surface area contributed by atoms with Crippen molar-refractivity contribution in [1.82, 2.24) is 5.32 Å². The second-order valence-electron chi connectivity index (χ2n) is 14.8. The maximum Gasteiger partial charge on any atom is 0.220 e. The molecule has 51 heavy (non-hydrogen) atoms. The average Bonchev–Trinajstić information content (AvgIpc) is 3.13. The number of carbonyl (C=O) groups is 1. The Kier molecular flexibility index (Phi) is 31.1. The van der Waals surface area contributed by atoms with Crippen LogP contribution in [-0.4, -0.2) is 87.5 Å². The summed E-state index contributed by atoms with van der Waals surface area (Å²) in [6, 6.07) is -0.814. The lowest BCUT2D eigenvalue weighted by Crippen LogP contribution is -2.60. The fourth-order valence-electron chi connectivity index (χ4n) is 6.58. The lowest BCUT2D eigenvalue weighted by Gasteiger charge is -2.40. The van der Waals surface area contributed by atoms with Crippen LogP contribution in [0.5, 0.6) is 0 Å². The zero-order chi connectivity index (χ0) is 37.4. The second-order valence-corrected chi connectivity index (χ2v) is 14.8. The first kappa shape index (κ1) is 47.7. The summed E-state index contributed by atoms with van der Waals surface area (Å²) in [6.45, 7) is 3.73. The first-order valence-corrected chi connectivity index (χ1v) is 21.1. The zero-order valence-electron chi connectivity index (χ0n) is 32.6. The quantitative estimate of drug-likeness (QED) is 0.0289. The highest BCUT2D eigenvalue weighted by molar-refractivity contribution is 5.76. The number of allylic oxidation sites excluding steroid dienone is 3. The summed E-state index contributed by atoms with van der Waals surface area (Å²) in [5.41, 5.74) is 0. The largest absolute Gasteiger partial charge is 0.394 e. The molecule has 7 atom stereocenters. The normalized spacial score (nSPS) is 22.2. The smallest absolute Gasteiger partial charge is 0.220 e. The number of hydrogen-bond donors (Lipinski definition) is 6. The molecule has 1 aliphatic rings. The topological polar surface area (TPSA) is 149 Å². The van der Waals surface area contributed by atoms with Crippen LogP contribution in [0.2, 0.25) is 0 Å². The van der Waals surface area contributed by atoms with E-state index in [9.17, 15) is 30.3 Å². The van der Waals surface area contributed by atoms with Gasteiger partial charge < -0.3 is 40.3 Å². The first-order chi connectivity index (χ1) is 24.8. The highest BCUT2D eigenvalue weighted by atomic mass is 16.7. The molecule has 1 fully saturated rings. The molecule has 0 radical (unpaired) electrons. The number of rotatable bonds is 34. The molecule has 1 saturated heterocycles. The van der Waals surface area contributed by atoms with E-state index in [1.807, 2.05) is 6.08 Å². The van der Waals surface area contributed by atoms with Gasteiger partial charge >= 0.3 is 0 Å². The van der Waals surface area contributed by atoms with Gasteiger partial charge in [0, 0.05) is 6.42 Å². The Hall–Kier alpha value is -1.33. The van der Waals surface area contributed by atoms with Gasteiger partial charge in [0.2, 0.25) is 5.91 Å². The summed E-state index contributed by atoms with van der Waals surface area (Å²) < 4.78 is 11.2. The number of ether oxygens (including phenoxy) is 2. The van der Waals surface area contributed by atoms with Gasteiger partial charge in [-0.05, 0) is 32.1 Å². The van der Waals surface area contributed by atoms with Crippen molar-refractivity contribution in [2.45, 2.75) is 224 Å². The predicted molar refractivity (Wildman–Crippen MR) is 207 cm³/mol. The molecule has 9 heteroatoms. The van der Waals surface area contributed by atoms with Gasteiger partial charge in [-0.15, -0.1) is 0 Å². The van der Waals surface area contributed by atoms with Crippen molar-refractivity contribution >= 4 is 5.91 Å². The van der Waals surface area contributed by atoms with Crippen LogP contribution < -0.4 is 5.32 Å². The Bertz CT molecular complexity index is 853. The lowest BCUT2D eigenvalue weighted by atomic mass is 9.99. The van der Waals surface area contributed by atoms with E-state index in [1.54, 1.807) is 6.08 Å². The molecule has 1 amide bonds. The van der Waals surface area contributed by atoms with E-state index in [2.05, 4.69) is 31.3 Å². The average molecular weight is 726 g/mol. The van der Waals surface area contributed by atoms with Crippen LogP contribution in [0.1, 0.15) is 181 Å². The minimum atomic E-state index is -1.57. The molecule has 0 spiro atoms. The summed E-state index contributed by atoms with van der Waals surface area (Å²) >= 11 is 0. The third-order valence-corrected chi connectivity index (χ3v) is 10.0. The van der Waals surface area contributed by atoms with E-state index in [0.29, 0.717) is 6.42 Å². The molecule has 0 aromatic carbocycles. The summed E-state index contributed by atoms with van der Waals surface area (Å²) in [7, 11) is 0. The van der Waals surface area contributed by atoms with Gasteiger partial charge in [-0.3, -0.25) is 4.79 Å². The van der Waals surface area contributed by atoms with Crippen molar-refractivity contribution in [2.24, 2.45) is 0 Å². The van der Waals surface area contributed by atoms with Gasteiger partial charge in [0.15, 0.2) is 6.29 Å². The number of nitrogens with one attached hydrogen (secondary N) is 1. The number of aliphatic hydroxyl groups is 5. The minimum absolute atomic E-state index is 0.190. The Morgan fingerprint density at radius 2 is 1.12 bits per heavy atom. The van der Waals surface area contributed by atoms with E-state index < -0.39 is 49.5 Å². The Balaban J connectivity index is 2.41. The standard InChI is InChI=1S/C42H79NO8/c1-3-5-7-9-11-13-15-16-17-18-19-20-21-22-23-25-27-29-31-36(45)35(34-50-42-41(49)40(48)39(47)37(33-44)51-42)43-38(46)32-30-28-26-24-14-12-10-8-6-4-2/h22-23,29,31,35-37,39-42,44-45,47-49H,3-21,24-28,30,32-34H2,1-2H3,(H,43,46)/b23-22+,31-29+. The van der Waals surface area contributed by atoms with Crippen LogP contribution in [0, 0.1) is 0 Å². The van der Waals surface area contributed by atoms with Crippen molar-refractivity contribution < 1.29 is 39.8 Å². The molecular formula is C42H79NO8. The number of carbonyl (C=O) groups excluding carboxylic acids is 1. The van der Waals surface area contributed by atoms with Gasteiger partial charge in [-0.2, -0.15) is 0 Å². The first-order valence-electron chi connectivity index (χ1n) is 21.1. The summed E-state index contributed by atoms with van der Waals surface area (Å²) in [4.78, 5) is 12.8. The van der Waals surface area contributed by atoms with Crippen LogP contribution >= 0.6 is 0 Å². The van der Waals surface area contributed by atoms with E-state index in [-0.39, 0.29) is 12.5 Å². The van der Waals surface area contributed by atoms with E-state index in [1.165, 1.54) is 122 Å². The zero-order valence-corrected chi connectivity index (χ0v) is 32.6. The van der Waals surface area contributed by atoms with Gasteiger partial charge in [-0.25, -0.2) is 0 Å². The highest BCUT2D eigenvalue weighted by Crippen LogP contribution is 2.22. The van der Waals surface area contributed by atoms with Crippen LogP contribution in [0.4, 0.5) is 0 Å². The molecule has 0 aromatic heterocycles. The molecule has 7 unspecified atom stereocenters. The number of hydrogen-bond acceptors (Lipinski definition) is 8. The van der Waals surface area contributed by atoms with Crippen molar-refractivity contribution in [2.75, 3.05) is 13.2 Å². The number of unbranched alkanes of at least 4 members (excludes halogenated alkanes) is 22. The monoisotopic (exact) mass is 726 g/mol. The molecular weight excluding hydrogens is 646 g/mol. The fourth-order valence-corrected chi connectivity index (χ4v) is 6.58. The van der Waals surface area contributed by atoms with Crippen LogP contribution in [0.3, 0.4) is 0 Å². The summed E-state index contributed by atoms with van der Waals surface area (Å²) in [5, 5.41) is 53.9. The molecule has 300 valence electrons. The third kappa shape index (κ3) is 24.6. The Morgan fingerprint density at radius 1 is 0.647 bits per heavy atom. The van der Waals surface area contributed by atoms with Gasteiger partial charge in [0.05, 0.1) is 25.4 Å². The Labute approximate surface area is 311 Å². The molecule has 0 aromatic rings. The minimum Gasteiger partial charge on any atom is -0.394 e. The van der Waals surface area contributed by atoms with Crippen molar-refractivity contribution in [3.8, 4) is 0 Å². The molecule has 6 N–H and O–H groups in total. The van der Waals surface area contributed by atoms with Crippen molar-refractivity contribution in [1.29, 1.82) is 0 Å². The molecule has 0 bridgehead atoms. The van der Waals surface area contributed by atoms with Gasteiger partial charge in [0.25, 0.3) is 0 Å². The van der Waals surface area contributed by atoms with E-state index >= 15 is 0 Å². The molecule has 9 nitrogen and oxygen atoms in total. The van der Waals surface area contributed by atoms with Crippen molar-refractivity contribution in [3.63, 3.8) is 0 Å². The van der Waals surface area contributed by atoms with Gasteiger partial charge in [-0.1, -0.05) is 167 Å². The van der Waals surface area contributed by atoms with Gasteiger partial charge in [0.1, 0.15) is 24.4 Å². The maximum absolute atomic E-state index is 12.8. The predicted octanol–water partition coefficient (Wildman–Crippen LogP) is 7.94. The maximum atomic E-state index is 12.8. The van der Waals surface area contributed by atoms with Crippen LogP contribution in [0.15, 0.2) is 24.3 Å². The third-order valence-electron chi connectivity index (χ3n) is 10.0. The Morgan fingerprint density at radius 3 is 1.65 bits per heavy atom. The highest BCUT2D eigenvalue weighted by Gasteiger charge is 2.44. The molecule has 1 rings (SSSR count). The summed E-state index contributed by atoms with van der Waals surface area (Å²) in [5.74, 6) is -0.190. The van der Waals surface area contributed by atoms with Crippen molar-refractivity contribution in [3.05, 3.63) is 24.3 Å². The second kappa shape index (κ2) is 33.3. The molecule has 0 aliphatic carbocycles. The van der Waals surface area contributed by atoms with Crippen LogP contribution in [-0.2, 0) is 14.3 Å². The van der Waals surface area contributed by atoms with E-state index in [0.717, 1.165) is 38.5 Å². The number of amides is 1. The fraction of sp³-hybridized carbons (Fsp3) is 0.881.